The van der Waals surface area contributed by atoms with Gasteiger partial charge in [-0.15, -0.1) is 0 Å². The Morgan fingerprint density at radius 1 is 1.27 bits per heavy atom. The van der Waals surface area contributed by atoms with Crippen molar-refractivity contribution >= 4 is 17.2 Å². The number of aromatic nitrogens is 4. The maximum Gasteiger partial charge on any atom is 0.338 e. The van der Waals surface area contributed by atoms with E-state index < -0.39 is 5.69 Å². The fourth-order valence-electron chi connectivity index (χ4n) is 3.04. The smallest absolute Gasteiger partial charge is 0.324 e. The Labute approximate surface area is 148 Å². The molecule has 0 atom stereocenters. The van der Waals surface area contributed by atoms with Crippen molar-refractivity contribution in [3.05, 3.63) is 58.2 Å². The Morgan fingerprint density at radius 3 is 2.77 bits per heavy atom. The molecule has 26 heavy (non-hydrogen) atoms. The number of halogens is 1. The summed E-state index contributed by atoms with van der Waals surface area (Å²) in [7, 11) is 1.60. The van der Waals surface area contributed by atoms with Gasteiger partial charge in [-0.2, -0.15) is 4.57 Å². The summed E-state index contributed by atoms with van der Waals surface area (Å²) in [5.74, 6) is 0.230. The van der Waals surface area contributed by atoms with Crippen LogP contribution in [0.1, 0.15) is 17.8 Å². The largest absolute Gasteiger partial charge is 0.338 e. The monoisotopic (exact) mass is 355 g/mol. The molecule has 0 saturated carbocycles. The minimum atomic E-state index is -0.423. The van der Waals surface area contributed by atoms with Crippen molar-refractivity contribution in [3.63, 3.8) is 0 Å². The van der Waals surface area contributed by atoms with E-state index in [0.717, 1.165) is 16.6 Å². The molecule has 0 radical (unpaired) electrons. The Kier molecular flexibility index (Phi) is 4.02. The number of amides is 1. The predicted molar refractivity (Wildman–Crippen MR) is 93.6 cm³/mol. The molecule has 1 aromatic carbocycles. The molecule has 8 heteroatoms. The fraction of sp³-hybridized carbons (Fsp3) is 0.333. The summed E-state index contributed by atoms with van der Waals surface area (Å²) >= 11 is 0. The quantitative estimate of drug-likeness (QED) is 0.717. The van der Waals surface area contributed by atoms with Crippen molar-refractivity contribution in [1.82, 2.24) is 24.0 Å². The third-order valence-electron chi connectivity index (χ3n) is 4.70. The Balaban J connectivity index is 1.67. The topological polar surface area (TPSA) is 73.0 Å². The highest BCUT2D eigenvalue weighted by Crippen LogP contribution is 2.14. The molecule has 3 heterocycles. The van der Waals surface area contributed by atoms with Crippen LogP contribution in [0.3, 0.4) is 0 Å². The first kappa shape index (κ1) is 16.4. The number of imidazole rings is 1. The molecule has 1 saturated heterocycles. The first-order chi connectivity index (χ1) is 12.5. The molecule has 1 fully saturated rings. The van der Waals surface area contributed by atoms with Gasteiger partial charge in [0.05, 0.1) is 6.20 Å². The number of hydrogen-bond donors (Lipinski definition) is 0. The van der Waals surface area contributed by atoms with Crippen LogP contribution in [-0.4, -0.2) is 43.1 Å². The van der Waals surface area contributed by atoms with Crippen LogP contribution in [0, 0.1) is 5.82 Å². The second-order valence-corrected chi connectivity index (χ2v) is 6.43. The lowest BCUT2D eigenvalue weighted by atomic mass is 10.1. The number of fused-ring (bicyclic) bond motifs is 1. The number of aryl methyl sites for hydroxylation is 3. The first-order valence-corrected chi connectivity index (χ1v) is 8.51. The number of carbonyl (C=O) groups is 1. The zero-order valence-electron chi connectivity index (χ0n) is 14.4. The van der Waals surface area contributed by atoms with Crippen molar-refractivity contribution < 1.29 is 9.18 Å². The molecule has 0 bridgehead atoms. The van der Waals surface area contributed by atoms with E-state index in [0.29, 0.717) is 42.9 Å². The third kappa shape index (κ3) is 2.77. The molecule has 1 amide bonds. The lowest BCUT2D eigenvalue weighted by molar-refractivity contribution is 0.169. The molecule has 0 unspecified atom stereocenters. The van der Waals surface area contributed by atoms with Crippen molar-refractivity contribution in [2.24, 2.45) is 7.05 Å². The van der Waals surface area contributed by atoms with E-state index in [1.807, 2.05) is 6.07 Å². The second-order valence-electron chi connectivity index (χ2n) is 6.43. The first-order valence-electron chi connectivity index (χ1n) is 8.51. The van der Waals surface area contributed by atoms with E-state index in [1.165, 1.54) is 16.7 Å². The van der Waals surface area contributed by atoms with Gasteiger partial charge < -0.3 is 4.90 Å². The minimum Gasteiger partial charge on any atom is -0.324 e. The van der Waals surface area contributed by atoms with Crippen LogP contribution < -0.4 is 5.69 Å². The van der Waals surface area contributed by atoms with Crippen molar-refractivity contribution in [1.29, 1.82) is 0 Å². The van der Waals surface area contributed by atoms with Crippen molar-refractivity contribution in [2.75, 3.05) is 13.1 Å². The van der Waals surface area contributed by atoms with Crippen LogP contribution in [0.15, 0.2) is 35.3 Å². The number of benzene rings is 1. The summed E-state index contributed by atoms with van der Waals surface area (Å²) in [4.78, 5) is 35.4. The average Bonchev–Trinajstić information content (AvgIpc) is 2.82. The van der Waals surface area contributed by atoms with E-state index in [-0.39, 0.29) is 11.8 Å². The van der Waals surface area contributed by atoms with Gasteiger partial charge in [-0.05, 0) is 30.5 Å². The second kappa shape index (κ2) is 6.36. The van der Waals surface area contributed by atoms with Crippen LogP contribution in [0.25, 0.3) is 11.2 Å². The van der Waals surface area contributed by atoms with Crippen LogP contribution in [0.5, 0.6) is 0 Å². The Morgan fingerprint density at radius 2 is 2.08 bits per heavy atom. The van der Waals surface area contributed by atoms with Crippen molar-refractivity contribution in [2.45, 2.75) is 19.3 Å². The maximum absolute atomic E-state index is 13.3. The molecule has 7 nitrogen and oxygen atoms in total. The normalized spacial score (nSPS) is 13.8. The molecule has 4 rings (SSSR count). The summed E-state index contributed by atoms with van der Waals surface area (Å²) in [5, 5.41) is 0. The van der Waals surface area contributed by atoms with E-state index in [4.69, 9.17) is 0 Å². The van der Waals surface area contributed by atoms with Gasteiger partial charge in [0.25, 0.3) is 0 Å². The van der Waals surface area contributed by atoms with Gasteiger partial charge in [0.1, 0.15) is 17.2 Å². The summed E-state index contributed by atoms with van der Waals surface area (Å²) in [6, 6.07) is 6.03. The number of rotatable bonds is 3. The zero-order chi connectivity index (χ0) is 18.3. The average molecular weight is 355 g/mol. The summed E-state index contributed by atoms with van der Waals surface area (Å²) in [5.41, 5.74) is 1.25. The third-order valence-corrected chi connectivity index (χ3v) is 4.70. The van der Waals surface area contributed by atoms with E-state index in [1.54, 1.807) is 24.2 Å². The van der Waals surface area contributed by atoms with Crippen molar-refractivity contribution in [3.8, 4) is 0 Å². The van der Waals surface area contributed by atoms with Crippen LogP contribution in [0.4, 0.5) is 9.18 Å². The van der Waals surface area contributed by atoms with E-state index >= 15 is 0 Å². The number of carbonyl (C=O) groups excluding carboxylic acids is 1. The minimum absolute atomic E-state index is 0.282. The maximum atomic E-state index is 13.3. The predicted octanol–water partition coefficient (Wildman–Crippen LogP) is 1.73. The Bertz CT molecular complexity index is 1050. The summed E-state index contributed by atoms with van der Waals surface area (Å²) < 4.78 is 15.8. The van der Waals surface area contributed by atoms with Gasteiger partial charge in [-0.3, -0.25) is 4.57 Å². The molecular formula is C18H18FN5O2. The van der Waals surface area contributed by atoms with Crippen LogP contribution in [-0.2, 0) is 19.9 Å². The lowest BCUT2D eigenvalue weighted by Crippen LogP contribution is -2.47. The highest BCUT2D eigenvalue weighted by atomic mass is 19.1. The molecular weight excluding hydrogens is 337 g/mol. The van der Waals surface area contributed by atoms with Gasteiger partial charge in [-0.1, -0.05) is 12.1 Å². The van der Waals surface area contributed by atoms with Gasteiger partial charge in [0.2, 0.25) is 0 Å². The number of hydrogen-bond acceptors (Lipinski definition) is 4. The molecule has 0 spiro atoms. The molecule has 3 aromatic rings. The molecule has 1 aliphatic heterocycles. The number of likely N-dealkylation sites (tertiary alicyclic amines) is 1. The standard InChI is InChI=1S/C18H18FN5O2/c1-22-14-11-20-15(7-6-12-4-2-5-13(19)10-12)21-16(14)24(17(22)25)18(26)23-8-3-9-23/h2,4-5,10-11H,3,6-9H2,1H3. The Hall–Kier alpha value is -3.03. The van der Waals surface area contributed by atoms with E-state index in [2.05, 4.69) is 9.97 Å². The zero-order valence-corrected chi connectivity index (χ0v) is 14.4. The van der Waals surface area contributed by atoms with Gasteiger partial charge in [0, 0.05) is 26.6 Å². The summed E-state index contributed by atoms with van der Waals surface area (Å²) in [6.45, 7) is 1.30. The number of nitrogens with zero attached hydrogens (tertiary/aromatic N) is 5. The molecule has 0 aliphatic carbocycles. The van der Waals surface area contributed by atoms with Gasteiger partial charge in [-0.25, -0.2) is 23.9 Å². The molecule has 1 aliphatic rings. The SMILES string of the molecule is Cn1c(=O)n(C(=O)N2CCC2)c2nc(CCc3cccc(F)c3)ncc21. The summed E-state index contributed by atoms with van der Waals surface area (Å²) in [6.07, 6.45) is 3.56. The van der Waals surface area contributed by atoms with Crippen LogP contribution in [0.2, 0.25) is 0 Å². The fourth-order valence-corrected chi connectivity index (χ4v) is 3.04. The molecule has 134 valence electrons. The van der Waals surface area contributed by atoms with Crippen LogP contribution >= 0.6 is 0 Å². The molecule has 0 N–H and O–H groups in total. The van der Waals surface area contributed by atoms with E-state index in [9.17, 15) is 14.0 Å². The highest BCUT2D eigenvalue weighted by molar-refractivity contribution is 5.87. The molecule has 2 aromatic heterocycles. The van der Waals surface area contributed by atoms with Gasteiger partial charge in [0.15, 0.2) is 5.65 Å². The van der Waals surface area contributed by atoms with Gasteiger partial charge >= 0.3 is 11.7 Å². The lowest BCUT2D eigenvalue weighted by Gasteiger charge is -2.30. The highest BCUT2D eigenvalue weighted by Gasteiger charge is 2.27.